The van der Waals surface area contributed by atoms with Gasteiger partial charge < -0.3 is 5.32 Å². The van der Waals surface area contributed by atoms with Crippen LogP contribution in [0.3, 0.4) is 0 Å². The van der Waals surface area contributed by atoms with Gasteiger partial charge in [-0.1, -0.05) is 18.2 Å². The molecule has 1 aromatic rings. The Kier molecular flexibility index (Phi) is 2.23. The molecule has 1 aliphatic rings. The molecule has 14 heavy (non-hydrogen) atoms. The highest BCUT2D eigenvalue weighted by Crippen LogP contribution is 2.26. The van der Waals surface area contributed by atoms with Crippen LogP contribution >= 0.6 is 0 Å². The first kappa shape index (κ1) is 9.19. The minimum absolute atomic E-state index is 0.00222. The van der Waals surface area contributed by atoms with Crippen LogP contribution in [-0.2, 0) is 4.79 Å². The van der Waals surface area contributed by atoms with Crippen molar-refractivity contribution >= 4 is 5.91 Å². The lowest BCUT2D eigenvalue weighted by Crippen LogP contribution is -2.13. The molecule has 74 valence electrons. The fraction of sp³-hybridized carbons (Fsp3) is 0.364. The largest absolute Gasteiger partial charge is 0.355 e. The van der Waals surface area contributed by atoms with Gasteiger partial charge in [-0.15, -0.1) is 0 Å². The van der Waals surface area contributed by atoms with E-state index in [1.165, 1.54) is 0 Å². The first-order valence-corrected chi connectivity index (χ1v) is 4.70. The Bertz CT molecular complexity index is 376. The number of aryl methyl sites for hydroxylation is 1. The summed E-state index contributed by atoms with van der Waals surface area (Å²) in [5, 5.41) is 2.71. The quantitative estimate of drug-likeness (QED) is 0.723. The van der Waals surface area contributed by atoms with Crippen molar-refractivity contribution in [1.29, 1.82) is 0 Å². The molecule has 0 aromatic heterocycles. The highest BCUT2D eigenvalue weighted by atomic mass is 19.1. The molecule has 2 rings (SSSR count). The van der Waals surface area contributed by atoms with Gasteiger partial charge in [0.15, 0.2) is 0 Å². The maximum atomic E-state index is 13.6. The van der Waals surface area contributed by atoms with Crippen molar-refractivity contribution < 1.29 is 9.18 Å². The van der Waals surface area contributed by atoms with Gasteiger partial charge in [-0.3, -0.25) is 4.79 Å². The molecule has 1 fully saturated rings. The van der Waals surface area contributed by atoms with Gasteiger partial charge in [-0.05, 0) is 18.1 Å². The van der Waals surface area contributed by atoms with Gasteiger partial charge in [0.25, 0.3) is 0 Å². The Labute approximate surface area is 82.1 Å². The van der Waals surface area contributed by atoms with Gasteiger partial charge in [0, 0.05) is 18.9 Å². The number of carbonyl (C=O) groups excluding carboxylic acids is 1. The van der Waals surface area contributed by atoms with Crippen LogP contribution in [0.2, 0.25) is 0 Å². The molecule has 0 radical (unpaired) electrons. The molecule has 0 saturated carbocycles. The normalized spacial score (nSPS) is 21.0. The first-order valence-electron chi connectivity index (χ1n) is 4.70. The lowest BCUT2D eigenvalue weighted by atomic mass is 9.96. The Hall–Kier alpha value is -1.38. The molecule has 0 aliphatic carbocycles. The highest BCUT2D eigenvalue weighted by molar-refractivity contribution is 5.79. The molecule has 0 bridgehead atoms. The molecule has 1 saturated heterocycles. The second-order valence-electron chi connectivity index (χ2n) is 3.68. The number of hydrogen-bond acceptors (Lipinski definition) is 1. The second kappa shape index (κ2) is 3.40. The number of carbonyl (C=O) groups is 1. The zero-order valence-corrected chi connectivity index (χ0v) is 8.01. The van der Waals surface area contributed by atoms with Crippen LogP contribution in [0.25, 0.3) is 0 Å². The van der Waals surface area contributed by atoms with Crippen LogP contribution in [-0.4, -0.2) is 12.5 Å². The Balaban J connectivity index is 2.32. The molecule has 1 aromatic carbocycles. The summed E-state index contributed by atoms with van der Waals surface area (Å²) < 4.78 is 13.6. The molecule has 1 unspecified atom stereocenters. The van der Waals surface area contributed by atoms with E-state index >= 15 is 0 Å². The van der Waals surface area contributed by atoms with E-state index < -0.39 is 0 Å². The molecule has 1 amide bonds. The zero-order valence-electron chi connectivity index (χ0n) is 8.01. The molecule has 3 heteroatoms. The summed E-state index contributed by atoms with van der Waals surface area (Å²) in [6.07, 6.45) is 0.403. The maximum Gasteiger partial charge on any atom is 0.220 e. The number of hydrogen-bond donors (Lipinski definition) is 1. The Morgan fingerprint density at radius 2 is 2.29 bits per heavy atom. The number of halogens is 1. The lowest BCUT2D eigenvalue weighted by Gasteiger charge is -2.10. The summed E-state index contributed by atoms with van der Waals surface area (Å²) in [6.45, 7) is 2.29. The zero-order chi connectivity index (χ0) is 10.1. The topological polar surface area (TPSA) is 29.1 Å². The summed E-state index contributed by atoms with van der Waals surface area (Å²) in [6, 6.07) is 5.33. The van der Waals surface area contributed by atoms with Crippen LogP contribution in [0.1, 0.15) is 23.5 Å². The van der Waals surface area contributed by atoms with E-state index in [9.17, 15) is 9.18 Å². The third-order valence-corrected chi connectivity index (χ3v) is 2.64. The van der Waals surface area contributed by atoms with E-state index in [1.54, 1.807) is 19.1 Å². The van der Waals surface area contributed by atoms with Crippen molar-refractivity contribution in [1.82, 2.24) is 5.32 Å². The summed E-state index contributed by atoms with van der Waals surface area (Å²) >= 11 is 0. The lowest BCUT2D eigenvalue weighted by molar-refractivity contribution is -0.119. The van der Waals surface area contributed by atoms with Gasteiger partial charge in [0.05, 0.1) is 0 Å². The van der Waals surface area contributed by atoms with Crippen molar-refractivity contribution in [3.8, 4) is 0 Å². The van der Waals surface area contributed by atoms with Gasteiger partial charge in [0.2, 0.25) is 5.91 Å². The van der Waals surface area contributed by atoms with Crippen LogP contribution in [0.15, 0.2) is 18.2 Å². The van der Waals surface area contributed by atoms with E-state index in [-0.39, 0.29) is 17.6 Å². The Morgan fingerprint density at radius 3 is 2.93 bits per heavy atom. The van der Waals surface area contributed by atoms with E-state index in [0.717, 1.165) is 0 Å². The summed E-state index contributed by atoms with van der Waals surface area (Å²) in [5.41, 5.74) is 1.30. The third-order valence-electron chi connectivity index (χ3n) is 2.64. The maximum absolute atomic E-state index is 13.6. The monoisotopic (exact) mass is 193 g/mol. The van der Waals surface area contributed by atoms with Crippen LogP contribution in [0.5, 0.6) is 0 Å². The predicted octanol–water partition coefficient (Wildman–Crippen LogP) is 1.74. The van der Waals surface area contributed by atoms with Gasteiger partial charge in [-0.2, -0.15) is 0 Å². The minimum Gasteiger partial charge on any atom is -0.355 e. The SMILES string of the molecule is Cc1cccc(C2CNC(=O)C2)c1F. The van der Waals surface area contributed by atoms with Crippen molar-refractivity contribution in [3.05, 3.63) is 35.1 Å². The number of amides is 1. The van der Waals surface area contributed by atoms with E-state index in [4.69, 9.17) is 0 Å². The molecule has 1 N–H and O–H groups in total. The average molecular weight is 193 g/mol. The summed E-state index contributed by atoms with van der Waals surface area (Å²) in [5.74, 6) is -0.160. The highest BCUT2D eigenvalue weighted by Gasteiger charge is 2.25. The van der Waals surface area contributed by atoms with Crippen molar-refractivity contribution in [2.75, 3.05) is 6.54 Å². The molecule has 1 heterocycles. The fourth-order valence-corrected chi connectivity index (χ4v) is 1.81. The van der Waals surface area contributed by atoms with Crippen molar-refractivity contribution in [2.24, 2.45) is 0 Å². The van der Waals surface area contributed by atoms with E-state index in [2.05, 4.69) is 5.32 Å². The van der Waals surface area contributed by atoms with Crippen LogP contribution in [0, 0.1) is 12.7 Å². The molecular weight excluding hydrogens is 181 g/mol. The fourth-order valence-electron chi connectivity index (χ4n) is 1.81. The molecule has 2 nitrogen and oxygen atoms in total. The predicted molar refractivity (Wildman–Crippen MR) is 51.5 cm³/mol. The van der Waals surface area contributed by atoms with Gasteiger partial charge in [0.1, 0.15) is 5.82 Å². The molecular formula is C11H12FNO. The van der Waals surface area contributed by atoms with E-state index in [1.807, 2.05) is 6.07 Å². The first-order chi connectivity index (χ1) is 6.68. The second-order valence-corrected chi connectivity index (χ2v) is 3.68. The standard InChI is InChI=1S/C11H12FNO/c1-7-3-2-4-9(11(7)12)8-5-10(14)13-6-8/h2-4,8H,5-6H2,1H3,(H,13,14). The van der Waals surface area contributed by atoms with Gasteiger partial charge >= 0.3 is 0 Å². The summed E-state index contributed by atoms with van der Waals surface area (Å²) in [7, 11) is 0. The minimum atomic E-state index is -0.172. The van der Waals surface area contributed by atoms with Crippen LogP contribution < -0.4 is 5.32 Å². The number of benzene rings is 1. The van der Waals surface area contributed by atoms with Gasteiger partial charge in [-0.25, -0.2) is 4.39 Å². The molecule has 1 aliphatic heterocycles. The average Bonchev–Trinajstić information content (AvgIpc) is 2.57. The Morgan fingerprint density at radius 1 is 1.50 bits per heavy atom. The number of rotatable bonds is 1. The van der Waals surface area contributed by atoms with E-state index in [0.29, 0.717) is 24.1 Å². The van der Waals surface area contributed by atoms with Crippen molar-refractivity contribution in [3.63, 3.8) is 0 Å². The van der Waals surface area contributed by atoms with Crippen molar-refractivity contribution in [2.45, 2.75) is 19.3 Å². The van der Waals surface area contributed by atoms with Crippen LogP contribution in [0.4, 0.5) is 4.39 Å². The number of nitrogens with one attached hydrogen (secondary N) is 1. The third kappa shape index (κ3) is 1.50. The summed E-state index contributed by atoms with van der Waals surface area (Å²) in [4.78, 5) is 11.0. The molecule has 1 atom stereocenters. The smallest absolute Gasteiger partial charge is 0.220 e. The molecule has 0 spiro atoms.